The van der Waals surface area contributed by atoms with E-state index in [2.05, 4.69) is 4.39 Å². The molecule has 0 heterocycles. The van der Waals surface area contributed by atoms with Gasteiger partial charge in [-0.25, -0.2) is 0 Å². The highest BCUT2D eigenvalue weighted by Crippen LogP contribution is 2.53. The smallest absolute Gasteiger partial charge is 0.189 e. The Balaban J connectivity index is 0. The summed E-state index contributed by atoms with van der Waals surface area (Å²) < 4.78 is 156. The number of halogens is 12. The van der Waals surface area contributed by atoms with Gasteiger partial charge in [0.25, 0.3) is 0 Å². The van der Waals surface area contributed by atoms with E-state index in [0.717, 1.165) is 0 Å². The molecule has 0 rings (SSSR count). The summed E-state index contributed by atoms with van der Waals surface area (Å²) in [5.74, 6) is -14.3. The van der Waals surface area contributed by atoms with Gasteiger partial charge in [0.15, 0.2) is 0 Å². The van der Waals surface area contributed by atoms with Gasteiger partial charge >= 0.3 is 34.5 Å². The van der Waals surface area contributed by atoms with Gasteiger partial charge in [-0.05, 0) is 13.4 Å². The number of hydrogen-bond donors (Lipinski definition) is 0. The quantitative estimate of drug-likeness (QED) is 0.553. The van der Waals surface area contributed by atoms with Crippen molar-refractivity contribution < 1.29 is 65.7 Å². The summed E-state index contributed by atoms with van der Waals surface area (Å²) in [6, 6.07) is 0. The van der Waals surface area contributed by atoms with Gasteiger partial charge in [-0.3, -0.25) is 0 Å². The molecule has 0 amide bonds. The Morgan fingerprint density at radius 2 is 1.00 bits per heavy atom. The van der Waals surface area contributed by atoms with Gasteiger partial charge in [-0.15, -0.1) is 4.48 Å². The van der Waals surface area contributed by atoms with Crippen LogP contribution in [0.25, 0.3) is 0 Å². The fraction of sp³-hybridized carbons (Fsp3) is 1.00. The van der Waals surface area contributed by atoms with Crippen molar-refractivity contribution in [1.82, 2.24) is 4.53 Å². The summed E-state index contributed by atoms with van der Waals surface area (Å²) in [6.07, 6.45) is -13.9. The lowest BCUT2D eigenvalue weighted by atomic mass is 10.1. The number of alkyl halides is 10. The van der Waals surface area contributed by atoms with Crippen molar-refractivity contribution in [3.8, 4) is 0 Å². The second-order valence-corrected chi connectivity index (χ2v) is 4.54. The fourth-order valence-corrected chi connectivity index (χ4v) is 0.472. The van der Waals surface area contributed by atoms with Gasteiger partial charge in [0.05, 0.1) is 0 Å². The van der Waals surface area contributed by atoms with E-state index in [1.54, 1.807) is 0 Å². The Kier molecular flexibility index (Phi) is 7.04. The third-order valence-corrected chi connectivity index (χ3v) is 2.27. The third-order valence-electron chi connectivity index (χ3n) is 1.49. The maximum atomic E-state index is 11.6. The number of nitrogens with zero attached hydrogens (tertiary/aromatic N) is 1. The molecule has 0 saturated carbocycles. The van der Waals surface area contributed by atoms with Crippen LogP contribution in [0.15, 0.2) is 0 Å². The Morgan fingerprint density at radius 1 is 0.773 bits per heavy atom. The van der Waals surface area contributed by atoms with Crippen molar-refractivity contribution >= 4 is 10.3 Å². The Morgan fingerprint density at radius 3 is 1.05 bits per heavy atom. The largest absolute Gasteiger partial charge is 0.460 e. The first-order valence-electron chi connectivity index (χ1n) is 4.09. The zero-order chi connectivity index (χ0) is 18.8. The van der Waals surface area contributed by atoms with E-state index in [0.29, 0.717) is 7.05 Å². The molecule has 0 aromatic carbocycles. The first-order valence-corrected chi connectivity index (χ1v) is 5.46. The molecule has 0 bridgehead atoms. The molecule has 4 nitrogen and oxygen atoms in total. The van der Waals surface area contributed by atoms with Crippen LogP contribution < -0.4 is 0 Å². The van der Waals surface area contributed by atoms with Crippen LogP contribution in [0.2, 0.25) is 0 Å². The van der Waals surface area contributed by atoms with Gasteiger partial charge in [-0.1, -0.05) is 0 Å². The maximum Gasteiger partial charge on any atom is 0.460 e. The van der Waals surface area contributed by atoms with E-state index >= 15 is 0 Å². The molecule has 0 aliphatic carbocycles. The zero-order valence-corrected chi connectivity index (χ0v) is 10.4. The summed E-state index contributed by atoms with van der Waals surface area (Å²) in [7, 11) is -4.24. The van der Waals surface area contributed by atoms with Crippen LogP contribution in [0.4, 0.5) is 52.9 Å². The van der Waals surface area contributed by atoms with Crippen LogP contribution in [0.5, 0.6) is 0 Å². The van der Waals surface area contributed by atoms with Crippen molar-refractivity contribution in [1.29, 1.82) is 0 Å². The maximum absolute atomic E-state index is 11.6. The summed E-state index contributed by atoms with van der Waals surface area (Å²) >= 11 is 0. The minimum atomic E-state index is -7.14. The SMILES string of the molecule is CN(F)S(=O)(=O)OF.FC(F)(F)C(F)(F)C(F)(F)C(F)(F)F. The van der Waals surface area contributed by atoms with Crippen molar-refractivity contribution in [2.24, 2.45) is 0 Å². The summed E-state index contributed by atoms with van der Waals surface area (Å²) in [4.78, 5) is 0. The Bertz CT molecular complexity index is 426. The van der Waals surface area contributed by atoms with Crippen molar-refractivity contribution in [2.75, 3.05) is 7.05 Å². The lowest BCUT2D eigenvalue weighted by molar-refractivity contribution is -0.419. The lowest BCUT2D eigenvalue weighted by Crippen LogP contribution is -2.59. The minimum absolute atomic E-state index is 0.495. The first-order chi connectivity index (χ1) is 9.25. The zero-order valence-electron chi connectivity index (χ0n) is 9.62. The molecule has 136 valence electrons. The van der Waals surface area contributed by atoms with Gasteiger partial charge in [0.1, 0.15) is 0 Å². The molecule has 0 spiro atoms. The molecule has 0 unspecified atom stereocenters. The molecule has 22 heavy (non-hydrogen) atoms. The first kappa shape index (κ1) is 23.3. The lowest BCUT2D eigenvalue weighted by Gasteiger charge is -2.29. The van der Waals surface area contributed by atoms with Crippen molar-refractivity contribution in [3.05, 3.63) is 0 Å². The average molecular weight is 385 g/mol. The normalized spacial score (nSPS) is 14.6. The van der Waals surface area contributed by atoms with E-state index in [9.17, 15) is 61.3 Å². The second kappa shape index (κ2) is 6.65. The van der Waals surface area contributed by atoms with E-state index < -0.39 is 39.0 Å². The topological polar surface area (TPSA) is 46.6 Å². The van der Waals surface area contributed by atoms with Crippen LogP contribution >= 0.6 is 0 Å². The van der Waals surface area contributed by atoms with Crippen molar-refractivity contribution in [2.45, 2.75) is 24.2 Å². The van der Waals surface area contributed by atoms with E-state index in [-0.39, 0.29) is 0 Å². The fourth-order valence-electron chi connectivity index (χ4n) is 0.395. The molecule has 0 aliphatic heterocycles. The highest BCUT2D eigenvalue weighted by molar-refractivity contribution is 7.84. The summed E-state index contributed by atoms with van der Waals surface area (Å²) in [5, 5.41) is 0. The summed E-state index contributed by atoms with van der Waals surface area (Å²) in [5.41, 5.74) is 0. The van der Waals surface area contributed by atoms with Gasteiger partial charge in [0.2, 0.25) is 0 Å². The predicted octanol–water partition coefficient (Wildman–Crippen LogP) is 3.33. The molecule has 0 atom stereocenters. The van der Waals surface area contributed by atoms with Crippen molar-refractivity contribution in [3.63, 3.8) is 0 Å². The number of hydrogen-bond acceptors (Lipinski definition) is 3. The molecule has 0 aliphatic rings. The second-order valence-electron chi connectivity index (χ2n) is 3.06. The van der Waals surface area contributed by atoms with Crippen LogP contribution in [0, 0.1) is 0 Å². The van der Waals surface area contributed by atoms with Gasteiger partial charge in [-0.2, -0.15) is 52.3 Å². The molecule has 0 fully saturated rings. The van der Waals surface area contributed by atoms with Crippen LogP contribution in [-0.4, -0.2) is 44.2 Å². The molecule has 0 saturated heterocycles. The number of rotatable bonds is 3. The minimum Gasteiger partial charge on any atom is -0.189 e. The van der Waals surface area contributed by atoms with Gasteiger partial charge < -0.3 is 0 Å². The van der Waals surface area contributed by atoms with E-state index in [4.69, 9.17) is 0 Å². The molecule has 0 N–H and O–H groups in total. The highest BCUT2D eigenvalue weighted by Gasteiger charge is 2.82. The third kappa shape index (κ3) is 5.04. The standard InChI is InChI=1S/C4F10.CH3F2NO3S/c5-1(6,3(9,10)11)2(7,8)4(12,13)14;1-4(2)8(5,6)7-3/h;1H3. The Labute approximate surface area is 113 Å². The monoisotopic (exact) mass is 385 g/mol. The molecule has 0 aromatic rings. The van der Waals surface area contributed by atoms with Crippen LogP contribution in [0.3, 0.4) is 0 Å². The average Bonchev–Trinajstić information content (AvgIpc) is 2.26. The van der Waals surface area contributed by atoms with Crippen LogP contribution in [0.1, 0.15) is 0 Å². The highest BCUT2D eigenvalue weighted by atomic mass is 32.2. The predicted molar refractivity (Wildman–Crippen MR) is 42.0 cm³/mol. The van der Waals surface area contributed by atoms with Crippen LogP contribution in [-0.2, 0) is 14.7 Å². The van der Waals surface area contributed by atoms with E-state index in [1.807, 2.05) is 0 Å². The molecular formula is C5H3F12NO3S. The molecule has 0 aromatic heterocycles. The molecular weight excluding hydrogens is 382 g/mol. The van der Waals surface area contributed by atoms with Gasteiger partial charge in [0, 0.05) is 7.05 Å². The van der Waals surface area contributed by atoms with E-state index in [1.165, 1.54) is 0 Å². The summed E-state index contributed by atoms with van der Waals surface area (Å²) in [6.45, 7) is 0. The molecule has 17 heteroatoms. The molecule has 0 radical (unpaired) electrons. The Hall–Kier alpha value is -0.970.